The SMILES string of the molecule is CCOc1cc(C=C2N=C(c3ccccc3Cl)OC2=O)ccc1OS(=O)(=O)c1ccc(C)cc1. The van der Waals surface area contributed by atoms with Crippen LogP contribution in [0.25, 0.3) is 6.08 Å². The van der Waals surface area contributed by atoms with E-state index in [1.807, 2.05) is 6.92 Å². The van der Waals surface area contributed by atoms with Crippen LogP contribution in [-0.2, 0) is 19.6 Å². The van der Waals surface area contributed by atoms with Crippen LogP contribution in [0, 0.1) is 6.92 Å². The van der Waals surface area contributed by atoms with Crippen LogP contribution in [0.3, 0.4) is 0 Å². The minimum atomic E-state index is -4.06. The summed E-state index contributed by atoms with van der Waals surface area (Å²) in [4.78, 5) is 16.6. The van der Waals surface area contributed by atoms with Crippen molar-refractivity contribution in [2.45, 2.75) is 18.7 Å². The lowest BCUT2D eigenvalue weighted by Crippen LogP contribution is -2.11. The summed E-state index contributed by atoms with van der Waals surface area (Å²) in [5.41, 5.74) is 2.04. The summed E-state index contributed by atoms with van der Waals surface area (Å²) in [5.74, 6) is -0.292. The molecule has 0 radical (unpaired) electrons. The number of hydrogen-bond donors (Lipinski definition) is 0. The normalized spacial score (nSPS) is 14.6. The van der Waals surface area contributed by atoms with Gasteiger partial charge in [-0.05, 0) is 61.9 Å². The Bertz CT molecular complexity index is 1410. The molecule has 0 aliphatic carbocycles. The summed E-state index contributed by atoms with van der Waals surface area (Å²) >= 11 is 6.17. The van der Waals surface area contributed by atoms with Crippen LogP contribution in [0.1, 0.15) is 23.6 Å². The predicted molar refractivity (Wildman–Crippen MR) is 129 cm³/mol. The summed E-state index contributed by atoms with van der Waals surface area (Å²) in [5, 5.41) is 0.408. The zero-order valence-corrected chi connectivity index (χ0v) is 19.9. The zero-order valence-electron chi connectivity index (χ0n) is 18.3. The van der Waals surface area contributed by atoms with Gasteiger partial charge >= 0.3 is 16.1 Å². The fourth-order valence-corrected chi connectivity index (χ4v) is 4.30. The number of ether oxygens (including phenoxy) is 2. The molecule has 0 bridgehead atoms. The molecule has 0 unspecified atom stereocenters. The van der Waals surface area contributed by atoms with Crippen molar-refractivity contribution in [3.05, 3.63) is 94.1 Å². The number of halogens is 1. The molecule has 1 aliphatic rings. The topological polar surface area (TPSA) is 91.3 Å². The van der Waals surface area contributed by atoms with Crippen LogP contribution < -0.4 is 8.92 Å². The van der Waals surface area contributed by atoms with Gasteiger partial charge in [-0.3, -0.25) is 0 Å². The fourth-order valence-electron chi connectivity index (χ4n) is 3.14. The van der Waals surface area contributed by atoms with E-state index in [0.717, 1.165) is 5.56 Å². The summed E-state index contributed by atoms with van der Waals surface area (Å²) in [6.07, 6.45) is 1.51. The molecule has 3 aromatic rings. The van der Waals surface area contributed by atoms with Gasteiger partial charge in [0.1, 0.15) is 4.90 Å². The third-order valence-electron chi connectivity index (χ3n) is 4.80. The number of carbonyl (C=O) groups excluding carboxylic acids is 1. The third kappa shape index (κ3) is 5.13. The van der Waals surface area contributed by atoms with E-state index >= 15 is 0 Å². The molecule has 0 atom stereocenters. The summed E-state index contributed by atoms with van der Waals surface area (Å²) in [6.45, 7) is 3.90. The van der Waals surface area contributed by atoms with Crippen LogP contribution in [0.15, 0.2) is 82.3 Å². The van der Waals surface area contributed by atoms with Crippen molar-refractivity contribution in [2.24, 2.45) is 4.99 Å². The smallest absolute Gasteiger partial charge is 0.363 e. The maximum atomic E-state index is 12.7. The summed E-state index contributed by atoms with van der Waals surface area (Å²) in [6, 6.07) is 17.8. The number of aliphatic imine (C=N–C) groups is 1. The van der Waals surface area contributed by atoms with Crippen molar-refractivity contribution >= 4 is 39.7 Å². The molecule has 1 heterocycles. The fraction of sp³-hybridized carbons (Fsp3) is 0.120. The second kappa shape index (κ2) is 9.70. The third-order valence-corrected chi connectivity index (χ3v) is 6.38. The second-order valence-electron chi connectivity index (χ2n) is 7.31. The molecule has 1 aliphatic heterocycles. The zero-order chi connectivity index (χ0) is 24.3. The van der Waals surface area contributed by atoms with E-state index in [2.05, 4.69) is 4.99 Å². The van der Waals surface area contributed by atoms with Gasteiger partial charge in [0.2, 0.25) is 5.90 Å². The molecule has 7 nitrogen and oxygen atoms in total. The van der Waals surface area contributed by atoms with Crippen LogP contribution in [0.5, 0.6) is 11.5 Å². The Balaban J connectivity index is 1.64. The molecule has 0 N–H and O–H groups in total. The first-order valence-corrected chi connectivity index (χ1v) is 12.1. The highest BCUT2D eigenvalue weighted by molar-refractivity contribution is 7.87. The Morgan fingerprint density at radius 2 is 1.76 bits per heavy atom. The summed E-state index contributed by atoms with van der Waals surface area (Å²) < 4.78 is 41.6. The van der Waals surface area contributed by atoms with Gasteiger partial charge in [0.15, 0.2) is 17.2 Å². The maximum Gasteiger partial charge on any atom is 0.363 e. The van der Waals surface area contributed by atoms with Crippen molar-refractivity contribution < 1.29 is 26.9 Å². The van der Waals surface area contributed by atoms with Crippen LogP contribution in [-0.4, -0.2) is 26.9 Å². The highest BCUT2D eigenvalue weighted by Crippen LogP contribution is 2.33. The Labute approximate surface area is 202 Å². The van der Waals surface area contributed by atoms with Gasteiger partial charge in [-0.2, -0.15) is 8.42 Å². The highest BCUT2D eigenvalue weighted by atomic mass is 35.5. The number of esters is 1. The molecule has 0 saturated carbocycles. The van der Waals surface area contributed by atoms with E-state index in [4.69, 9.17) is 25.3 Å². The molecule has 9 heteroatoms. The predicted octanol–water partition coefficient (Wildman–Crippen LogP) is 5.16. The number of aryl methyl sites for hydroxylation is 1. The van der Waals surface area contributed by atoms with E-state index in [-0.39, 0.29) is 34.6 Å². The minimum absolute atomic E-state index is 0.0267. The number of carbonyl (C=O) groups is 1. The first-order valence-electron chi connectivity index (χ1n) is 10.3. The largest absolute Gasteiger partial charge is 0.490 e. The minimum Gasteiger partial charge on any atom is -0.490 e. The van der Waals surface area contributed by atoms with E-state index in [9.17, 15) is 13.2 Å². The van der Waals surface area contributed by atoms with E-state index < -0.39 is 16.1 Å². The molecule has 0 saturated heterocycles. The van der Waals surface area contributed by atoms with Gasteiger partial charge < -0.3 is 13.7 Å². The van der Waals surface area contributed by atoms with Gasteiger partial charge in [-0.25, -0.2) is 9.79 Å². The van der Waals surface area contributed by atoms with Gasteiger partial charge in [0, 0.05) is 0 Å². The Kier molecular flexibility index (Phi) is 6.72. The first kappa shape index (κ1) is 23.5. The molecule has 0 aromatic heterocycles. The molecule has 34 heavy (non-hydrogen) atoms. The molecule has 0 amide bonds. The van der Waals surface area contributed by atoms with Gasteiger partial charge in [0.05, 0.1) is 17.2 Å². The van der Waals surface area contributed by atoms with Gasteiger partial charge in [-0.1, -0.05) is 47.5 Å². The second-order valence-corrected chi connectivity index (χ2v) is 9.26. The van der Waals surface area contributed by atoms with Crippen LogP contribution in [0.2, 0.25) is 5.02 Å². The molecule has 0 fully saturated rings. The first-order chi connectivity index (χ1) is 16.3. The van der Waals surface area contributed by atoms with Crippen LogP contribution >= 0.6 is 11.6 Å². The standard InChI is InChI=1S/C25H20ClNO6S/c1-3-31-23-15-17(10-13-22(23)33-34(29,30)18-11-8-16(2)9-12-18)14-21-25(28)32-24(27-21)19-6-4-5-7-20(19)26/h4-15H,3H2,1-2H3. The van der Waals surface area contributed by atoms with Crippen molar-refractivity contribution in [3.63, 3.8) is 0 Å². The van der Waals surface area contributed by atoms with Crippen molar-refractivity contribution in [1.29, 1.82) is 0 Å². The summed E-state index contributed by atoms with van der Waals surface area (Å²) in [7, 11) is -4.06. The van der Waals surface area contributed by atoms with Gasteiger partial charge in [0.25, 0.3) is 0 Å². The number of hydrogen-bond acceptors (Lipinski definition) is 7. The van der Waals surface area contributed by atoms with Crippen molar-refractivity contribution in [3.8, 4) is 11.5 Å². The lowest BCUT2D eigenvalue weighted by Gasteiger charge is -2.12. The molecular formula is C25H20ClNO6S. The Morgan fingerprint density at radius 1 is 1.03 bits per heavy atom. The van der Waals surface area contributed by atoms with E-state index in [1.54, 1.807) is 55.5 Å². The average Bonchev–Trinajstić information content (AvgIpc) is 3.16. The van der Waals surface area contributed by atoms with Crippen LogP contribution in [0.4, 0.5) is 0 Å². The molecule has 4 rings (SSSR count). The Morgan fingerprint density at radius 3 is 2.47 bits per heavy atom. The average molecular weight is 498 g/mol. The number of nitrogens with zero attached hydrogens (tertiary/aromatic N) is 1. The molecular weight excluding hydrogens is 478 g/mol. The van der Waals surface area contributed by atoms with Gasteiger partial charge in [-0.15, -0.1) is 0 Å². The molecule has 174 valence electrons. The van der Waals surface area contributed by atoms with Crippen molar-refractivity contribution in [1.82, 2.24) is 0 Å². The monoisotopic (exact) mass is 497 g/mol. The van der Waals surface area contributed by atoms with Crippen molar-refractivity contribution in [2.75, 3.05) is 6.61 Å². The highest BCUT2D eigenvalue weighted by Gasteiger charge is 2.26. The van der Waals surface area contributed by atoms with E-state index in [1.165, 1.54) is 24.3 Å². The lowest BCUT2D eigenvalue weighted by molar-refractivity contribution is -0.129. The van der Waals surface area contributed by atoms with E-state index in [0.29, 0.717) is 16.1 Å². The number of cyclic esters (lactones) is 1. The maximum absolute atomic E-state index is 12.7. The molecule has 0 spiro atoms. The molecule has 3 aromatic carbocycles. The lowest BCUT2D eigenvalue weighted by atomic mass is 10.1. The number of rotatable bonds is 7. The quantitative estimate of drug-likeness (QED) is 0.254. The Hall–Kier alpha value is -3.62. The number of benzene rings is 3.